The number of amides is 1. The van der Waals surface area contributed by atoms with E-state index in [0.717, 1.165) is 11.6 Å². The Morgan fingerprint density at radius 1 is 1.18 bits per heavy atom. The van der Waals surface area contributed by atoms with Crippen molar-refractivity contribution >= 4 is 27.5 Å². The van der Waals surface area contributed by atoms with Crippen molar-refractivity contribution in [2.24, 2.45) is 0 Å². The monoisotopic (exact) mass is 365 g/mol. The maximum atomic E-state index is 13.3. The highest BCUT2D eigenvalue weighted by Gasteiger charge is 2.18. The molecule has 2 N–H and O–H groups in total. The number of carbonyl (C=O) groups excluding carboxylic acids is 1. The number of halogens is 2. The molecular weight excluding hydrogens is 349 g/mol. The van der Waals surface area contributed by atoms with Crippen LogP contribution in [0.25, 0.3) is 0 Å². The molecule has 0 aromatic heterocycles. The van der Waals surface area contributed by atoms with Crippen LogP contribution in [0.3, 0.4) is 0 Å². The molecule has 2 aromatic rings. The van der Waals surface area contributed by atoms with Crippen LogP contribution in [-0.4, -0.2) is 11.0 Å². The molecule has 1 amide bonds. The fourth-order valence-electron chi connectivity index (χ4n) is 1.96. The van der Waals surface area contributed by atoms with Gasteiger partial charge >= 0.3 is 0 Å². The normalized spacial score (nSPS) is 11.3. The molecule has 0 aliphatic heterocycles. The quantitative estimate of drug-likeness (QED) is 0.747. The summed E-state index contributed by atoms with van der Waals surface area (Å²) in [7, 11) is 0. The molecule has 0 bridgehead atoms. The van der Waals surface area contributed by atoms with Crippen molar-refractivity contribution in [1.29, 1.82) is 0 Å². The van der Waals surface area contributed by atoms with E-state index in [9.17, 15) is 14.3 Å². The number of aromatic hydroxyl groups is 1. The summed E-state index contributed by atoms with van der Waals surface area (Å²) in [5.41, 5.74) is 1.32. The standard InChI is InChI=1S/C17H17BrFNO2/c1-17(2,3)10-4-7-15(21)14(8-10)20-16(22)12-9-11(19)5-6-13(12)18/h4-9,21H,1-3H3,(H,20,22). The van der Waals surface area contributed by atoms with Crippen molar-refractivity contribution in [3.8, 4) is 5.75 Å². The van der Waals surface area contributed by atoms with Crippen LogP contribution in [0.1, 0.15) is 36.7 Å². The van der Waals surface area contributed by atoms with E-state index in [1.807, 2.05) is 26.8 Å². The Bertz CT molecular complexity index is 723. The molecule has 0 fully saturated rings. The molecule has 0 aliphatic carbocycles. The molecule has 0 atom stereocenters. The molecule has 0 aliphatic rings. The first kappa shape index (κ1) is 16.5. The summed E-state index contributed by atoms with van der Waals surface area (Å²) >= 11 is 3.22. The minimum absolute atomic E-state index is 0.0334. The van der Waals surface area contributed by atoms with E-state index >= 15 is 0 Å². The summed E-state index contributed by atoms with van der Waals surface area (Å²) in [6, 6.07) is 8.94. The lowest BCUT2D eigenvalue weighted by atomic mass is 9.87. The van der Waals surface area contributed by atoms with Crippen LogP contribution in [0, 0.1) is 5.82 Å². The lowest BCUT2D eigenvalue weighted by Crippen LogP contribution is -2.15. The van der Waals surface area contributed by atoms with Crippen LogP contribution in [-0.2, 0) is 5.41 Å². The lowest BCUT2D eigenvalue weighted by molar-refractivity contribution is 0.102. The summed E-state index contributed by atoms with van der Waals surface area (Å²) in [4.78, 5) is 12.3. The van der Waals surface area contributed by atoms with Gasteiger partial charge in [-0.3, -0.25) is 4.79 Å². The topological polar surface area (TPSA) is 49.3 Å². The van der Waals surface area contributed by atoms with Crippen LogP contribution in [0.2, 0.25) is 0 Å². The minimum atomic E-state index is -0.499. The van der Waals surface area contributed by atoms with Gasteiger partial charge < -0.3 is 10.4 Å². The Labute approximate surface area is 137 Å². The second-order valence-corrected chi connectivity index (χ2v) is 6.91. The third-order valence-corrected chi connectivity index (χ3v) is 3.98. The Balaban J connectivity index is 2.34. The minimum Gasteiger partial charge on any atom is -0.506 e. The van der Waals surface area contributed by atoms with Crippen LogP contribution >= 0.6 is 15.9 Å². The fourth-order valence-corrected chi connectivity index (χ4v) is 2.39. The number of anilines is 1. The number of nitrogens with one attached hydrogen (secondary N) is 1. The van der Waals surface area contributed by atoms with Crippen molar-refractivity contribution in [2.45, 2.75) is 26.2 Å². The van der Waals surface area contributed by atoms with E-state index < -0.39 is 11.7 Å². The second-order valence-electron chi connectivity index (χ2n) is 6.06. The summed E-state index contributed by atoms with van der Waals surface area (Å²) in [6.45, 7) is 6.11. The van der Waals surface area contributed by atoms with Gasteiger partial charge in [0, 0.05) is 4.47 Å². The predicted molar refractivity (Wildman–Crippen MR) is 88.9 cm³/mol. The van der Waals surface area contributed by atoms with Crippen molar-refractivity contribution in [3.63, 3.8) is 0 Å². The number of rotatable bonds is 2. The van der Waals surface area contributed by atoms with E-state index in [1.165, 1.54) is 18.2 Å². The number of hydrogen-bond donors (Lipinski definition) is 2. The molecule has 0 radical (unpaired) electrons. The first-order valence-electron chi connectivity index (χ1n) is 6.78. The molecule has 116 valence electrons. The van der Waals surface area contributed by atoms with Gasteiger partial charge in [0.25, 0.3) is 5.91 Å². The van der Waals surface area contributed by atoms with Crippen molar-refractivity contribution in [2.75, 3.05) is 5.32 Å². The van der Waals surface area contributed by atoms with E-state index in [-0.39, 0.29) is 16.7 Å². The van der Waals surface area contributed by atoms with Crippen LogP contribution in [0.4, 0.5) is 10.1 Å². The van der Waals surface area contributed by atoms with E-state index in [0.29, 0.717) is 10.2 Å². The number of phenolic OH excluding ortho intramolecular Hbond substituents is 1. The zero-order valence-electron chi connectivity index (χ0n) is 12.6. The first-order valence-corrected chi connectivity index (χ1v) is 7.57. The molecule has 0 unspecified atom stereocenters. The van der Waals surface area contributed by atoms with E-state index in [1.54, 1.807) is 6.07 Å². The average Bonchev–Trinajstić information content (AvgIpc) is 2.42. The van der Waals surface area contributed by atoms with Gasteiger partial charge in [0.15, 0.2) is 0 Å². The summed E-state index contributed by atoms with van der Waals surface area (Å²) in [5, 5.41) is 12.5. The number of phenols is 1. The zero-order valence-corrected chi connectivity index (χ0v) is 14.2. The number of carbonyl (C=O) groups is 1. The van der Waals surface area contributed by atoms with Gasteiger partial charge in [0.2, 0.25) is 0 Å². The smallest absolute Gasteiger partial charge is 0.257 e. The fraction of sp³-hybridized carbons (Fsp3) is 0.235. The number of benzene rings is 2. The summed E-state index contributed by atoms with van der Waals surface area (Å²) in [5.74, 6) is -1.03. The molecule has 0 heterocycles. The van der Waals surface area contributed by atoms with Crippen molar-refractivity contribution in [1.82, 2.24) is 0 Å². The summed E-state index contributed by atoms with van der Waals surface area (Å²) < 4.78 is 13.8. The first-order chi connectivity index (χ1) is 10.2. The highest BCUT2D eigenvalue weighted by atomic mass is 79.9. The third-order valence-electron chi connectivity index (χ3n) is 3.28. The van der Waals surface area contributed by atoms with Gasteiger partial charge in [0.1, 0.15) is 11.6 Å². The van der Waals surface area contributed by atoms with Gasteiger partial charge in [-0.25, -0.2) is 4.39 Å². The molecule has 2 aromatic carbocycles. The summed E-state index contributed by atoms with van der Waals surface area (Å²) in [6.07, 6.45) is 0. The molecule has 22 heavy (non-hydrogen) atoms. The number of hydrogen-bond acceptors (Lipinski definition) is 2. The van der Waals surface area contributed by atoms with Gasteiger partial charge in [0.05, 0.1) is 11.3 Å². The Kier molecular flexibility index (Phi) is 4.56. The zero-order chi connectivity index (χ0) is 16.5. The predicted octanol–water partition coefficient (Wildman–Crippen LogP) is 4.84. The van der Waals surface area contributed by atoms with E-state index in [2.05, 4.69) is 21.2 Å². The highest BCUT2D eigenvalue weighted by molar-refractivity contribution is 9.10. The Morgan fingerprint density at radius 3 is 2.50 bits per heavy atom. The third kappa shape index (κ3) is 3.65. The van der Waals surface area contributed by atoms with Crippen LogP contribution < -0.4 is 5.32 Å². The highest BCUT2D eigenvalue weighted by Crippen LogP contribution is 2.31. The maximum absolute atomic E-state index is 13.3. The average molecular weight is 366 g/mol. The molecule has 0 saturated heterocycles. The maximum Gasteiger partial charge on any atom is 0.257 e. The second kappa shape index (κ2) is 6.08. The van der Waals surface area contributed by atoms with E-state index in [4.69, 9.17) is 0 Å². The van der Waals surface area contributed by atoms with Gasteiger partial charge in [-0.05, 0) is 57.2 Å². The molecule has 0 saturated carbocycles. The van der Waals surface area contributed by atoms with Crippen molar-refractivity contribution in [3.05, 3.63) is 57.8 Å². The molecule has 3 nitrogen and oxygen atoms in total. The molecule has 2 rings (SSSR count). The Morgan fingerprint density at radius 2 is 1.86 bits per heavy atom. The van der Waals surface area contributed by atoms with Crippen LogP contribution in [0.5, 0.6) is 5.75 Å². The van der Waals surface area contributed by atoms with Crippen molar-refractivity contribution < 1.29 is 14.3 Å². The molecule has 0 spiro atoms. The molecular formula is C17H17BrFNO2. The van der Waals surface area contributed by atoms with Gasteiger partial charge in [-0.1, -0.05) is 26.8 Å². The lowest BCUT2D eigenvalue weighted by Gasteiger charge is -2.20. The largest absolute Gasteiger partial charge is 0.506 e. The SMILES string of the molecule is CC(C)(C)c1ccc(O)c(NC(=O)c2cc(F)ccc2Br)c1. The Hall–Kier alpha value is -1.88. The van der Waals surface area contributed by atoms with Gasteiger partial charge in [-0.2, -0.15) is 0 Å². The molecule has 5 heteroatoms. The van der Waals surface area contributed by atoms with Crippen LogP contribution in [0.15, 0.2) is 40.9 Å². The van der Waals surface area contributed by atoms with Gasteiger partial charge in [-0.15, -0.1) is 0 Å².